The molecule has 0 saturated heterocycles. The minimum Gasteiger partial charge on any atom is -0.337 e. The minimum atomic E-state index is -0.0562. The SMILES string of the molecule is O=C(NCC12CCC3C[C@H](C[C@@H](C3)C1)C2)Nc1ccccc1. The Labute approximate surface area is 132 Å². The molecule has 1 aromatic carbocycles. The second-order valence-electron chi connectivity index (χ2n) is 7.93. The van der Waals surface area contributed by atoms with Crippen LogP contribution >= 0.6 is 0 Å². The van der Waals surface area contributed by atoms with E-state index < -0.39 is 0 Å². The lowest BCUT2D eigenvalue weighted by Gasteiger charge is -2.45. The Morgan fingerprint density at radius 3 is 2.45 bits per heavy atom. The Morgan fingerprint density at radius 1 is 1.05 bits per heavy atom. The predicted octanol–water partition coefficient (Wildman–Crippen LogP) is 4.41. The van der Waals surface area contributed by atoms with Crippen molar-refractivity contribution in [3.8, 4) is 0 Å². The molecule has 2 amide bonds. The fourth-order valence-electron chi connectivity index (χ4n) is 5.49. The summed E-state index contributed by atoms with van der Waals surface area (Å²) in [6.45, 7) is 0.853. The molecule has 0 radical (unpaired) electrons. The van der Waals surface area contributed by atoms with Gasteiger partial charge in [-0.05, 0) is 80.2 Å². The van der Waals surface area contributed by atoms with Crippen molar-refractivity contribution in [1.29, 1.82) is 0 Å². The van der Waals surface area contributed by atoms with E-state index in [0.717, 1.165) is 30.0 Å². The Kier molecular flexibility index (Phi) is 3.59. The van der Waals surface area contributed by atoms with E-state index in [1.54, 1.807) is 0 Å². The lowest BCUT2D eigenvalue weighted by atomic mass is 9.61. The molecule has 3 nitrogen and oxygen atoms in total. The monoisotopic (exact) mass is 298 g/mol. The molecule has 4 saturated carbocycles. The van der Waals surface area contributed by atoms with Crippen molar-refractivity contribution in [2.75, 3.05) is 11.9 Å². The first-order valence-electron chi connectivity index (χ1n) is 8.81. The third-order valence-corrected chi connectivity index (χ3v) is 6.18. The minimum absolute atomic E-state index is 0.0562. The summed E-state index contributed by atoms with van der Waals surface area (Å²) < 4.78 is 0. The van der Waals surface area contributed by atoms with E-state index in [4.69, 9.17) is 0 Å². The van der Waals surface area contributed by atoms with Crippen LogP contribution in [-0.4, -0.2) is 12.6 Å². The molecule has 1 aromatic rings. The quantitative estimate of drug-likeness (QED) is 0.852. The van der Waals surface area contributed by atoms with Crippen LogP contribution in [0, 0.1) is 23.2 Å². The van der Waals surface area contributed by atoms with E-state index in [-0.39, 0.29) is 6.03 Å². The molecule has 2 atom stereocenters. The summed E-state index contributed by atoms with van der Waals surface area (Å²) in [7, 11) is 0. The van der Waals surface area contributed by atoms with E-state index in [2.05, 4.69) is 10.6 Å². The number of fused-ring (bicyclic) bond motifs is 1. The van der Waals surface area contributed by atoms with Crippen molar-refractivity contribution in [2.24, 2.45) is 23.2 Å². The molecule has 4 bridgehead atoms. The lowest BCUT2D eigenvalue weighted by Crippen LogP contribution is -2.43. The van der Waals surface area contributed by atoms with Gasteiger partial charge in [0.15, 0.2) is 0 Å². The van der Waals surface area contributed by atoms with Crippen LogP contribution in [0.4, 0.5) is 10.5 Å². The third kappa shape index (κ3) is 2.86. The Morgan fingerprint density at radius 2 is 1.73 bits per heavy atom. The van der Waals surface area contributed by atoms with Gasteiger partial charge >= 0.3 is 6.03 Å². The number of carbonyl (C=O) groups excluding carboxylic acids is 1. The number of carbonyl (C=O) groups is 1. The van der Waals surface area contributed by atoms with Crippen molar-refractivity contribution >= 4 is 11.7 Å². The second-order valence-corrected chi connectivity index (χ2v) is 7.93. The highest BCUT2D eigenvalue weighted by Crippen LogP contribution is 2.56. The molecule has 2 N–H and O–H groups in total. The first kappa shape index (κ1) is 14.1. The summed E-state index contributed by atoms with van der Waals surface area (Å²) in [4.78, 5) is 12.2. The van der Waals surface area contributed by atoms with Crippen LogP contribution in [0.3, 0.4) is 0 Å². The molecule has 4 aliphatic carbocycles. The maximum absolute atomic E-state index is 12.2. The fourth-order valence-corrected chi connectivity index (χ4v) is 5.49. The zero-order chi connectivity index (χ0) is 15.0. The summed E-state index contributed by atoms with van der Waals surface area (Å²) in [5, 5.41) is 6.10. The lowest BCUT2D eigenvalue weighted by molar-refractivity contribution is 0.0678. The molecule has 118 valence electrons. The number of para-hydroxylation sites is 1. The fraction of sp³-hybridized carbons (Fsp3) is 0.632. The smallest absolute Gasteiger partial charge is 0.319 e. The van der Waals surface area contributed by atoms with Gasteiger partial charge in [0, 0.05) is 12.2 Å². The molecular formula is C19H26N2O. The maximum Gasteiger partial charge on any atom is 0.319 e. The number of hydrogen-bond donors (Lipinski definition) is 2. The van der Waals surface area contributed by atoms with Gasteiger partial charge in [0.1, 0.15) is 0 Å². The van der Waals surface area contributed by atoms with Crippen molar-refractivity contribution in [3.05, 3.63) is 30.3 Å². The van der Waals surface area contributed by atoms with Gasteiger partial charge < -0.3 is 10.6 Å². The number of anilines is 1. The third-order valence-electron chi connectivity index (χ3n) is 6.18. The standard InChI is InChI=1S/C19H26N2O/c22-18(21-17-4-2-1-3-5-17)20-13-19-7-6-14-8-15(11-19)10-16(9-14)12-19/h1-5,14-16H,6-13H2,(H2,20,21,22)/t14?,15-,16-,19?/m1/s1. The van der Waals surface area contributed by atoms with Crippen LogP contribution < -0.4 is 10.6 Å². The Hall–Kier alpha value is -1.51. The normalized spacial score (nSPS) is 35.9. The summed E-state index contributed by atoms with van der Waals surface area (Å²) in [6.07, 6.45) is 9.74. The molecule has 5 rings (SSSR count). The van der Waals surface area contributed by atoms with Crippen molar-refractivity contribution in [3.63, 3.8) is 0 Å². The average molecular weight is 298 g/mol. The van der Waals surface area contributed by atoms with Gasteiger partial charge in [-0.3, -0.25) is 0 Å². The van der Waals surface area contributed by atoms with Gasteiger partial charge in [-0.2, -0.15) is 0 Å². The highest BCUT2D eigenvalue weighted by molar-refractivity contribution is 5.89. The molecule has 0 aliphatic heterocycles. The largest absolute Gasteiger partial charge is 0.337 e. The number of hydrogen-bond acceptors (Lipinski definition) is 1. The van der Waals surface area contributed by atoms with Gasteiger partial charge in [0.25, 0.3) is 0 Å². The maximum atomic E-state index is 12.2. The topological polar surface area (TPSA) is 41.1 Å². The second kappa shape index (κ2) is 5.60. The molecule has 22 heavy (non-hydrogen) atoms. The highest BCUT2D eigenvalue weighted by atomic mass is 16.2. The van der Waals surface area contributed by atoms with E-state index in [9.17, 15) is 4.79 Å². The van der Waals surface area contributed by atoms with Gasteiger partial charge in [-0.15, -0.1) is 0 Å². The number of amides is 2. The number of urea groups is 1. The van der Waals surface area contributed by atoms with Gasteiger partial charge in [-0.1, -0.05) is 18.2 Å². The van der Waals surface area contributed by atoms with Crippen LogP contribution in [-0.2, 0) is 0 Å². The van der Waals surface area contributed by atoms with E-state index in [1.165, 1.54) is 44.9 Å². The van der Waals surface area contributed by atoms with Crippen LogP contribution in [0.1, 0.15) is 44.9 Å². The number of rotatable bonds is 3. The Balaban J connectivity index is 1.37. The van der Waals surface area contributed by atoms with Crippen molar-refractivity contribution < 1.29 is 4.79 Å². The highest BCUT2D eigenvalue weighted by Gasteiger charge is 2.47. The molecule has 0 unspecified atom stereocenters. The number of nitrogens with one attached hydrogen (secondary N) is 2. The summed E-state index contributed by atoms with van der Waals surface area (Å²) in [5.41, 5.74) is 1.24. The number of benzene rings is 1. The van der Waals surface area contributed by atoms with E-state index in [0.29, 0.717) is 5.41 Å². The van der Waals surface area contributed by atoms with Crippen LogP contribution in [0.25, 0.3) is 0 Å². The van der Waals surface area contributed by atoms with E-state index >= 15 is 0 Å². The predicted molar refractivity (Wildman–Crippen MR) is 88.7 cm³/mol. The first-order valence-corrected chi connectivity index (χ1v) is 8.81. The summed E-state index contributed by atoms with van der Waals surface area (Å²) in [5.74, 6) is 2.84. The molecule has 3 heteroatoms. The van der Waals surface area contributed by atoms with Crippen molar-refractivity contribution in [2.45, 2.75) is 44.9 Å². The summed E-state index contributed by atoms with van der Waals surface area (Å²) >= 11 is 0. The first-order chi connectivity index (χ1) is 10.7. The van der Waals surface area contributed by atoms with Crippen LogP contribution in [0.5, 0.6) is 0 Å². The summed E-state index contributed by atoms with van der Waals surface area (Å²) in [6, 6.07) is 9.64. The van der Waals surface area contributed by atoms with Gasteiger partial charge in [0.2, 0.25) is 0 Å². The average Bonchev–Trinajstić information content (AvgIpc) is 2.71. The van der Waals surface area contributed by atoms with E-state index in [1.807, 2.05) is 30.3 Å². The molecular weight excluding hydrogens is 272 g/mol. The van der Waals surface area contributed by atoms with Crippen molar-refractivity contribution in [1.82, 2.24) is 5.32 Å². The molecule has 0 aromatic heterocycles. The molecule has 0 spiro atoms. The molecule has 4 aliphatic rings. The van der Waals surface area contributed by atoms with Crippen LogP contribution in [0.2, 0.25) is 0 Å². The van der Waals surface area contributed by atoms with Gasteiger partial charge in [0.05, 0.1) is 0 Å². The van der Waals surface area contributed by atoms with Crippen LogP contribution in [0.15, 0.2) is 30.3 Å². The molecule has 0 heterocycles. The Bertz CT molecular complexity index is 528. The molecule has 4 fully saturated rings. The zero-order valence-corrected chi connectivity index (χ0v) is 13.2. The van der Waals surface area contributed by atoms with Gasteiger partial charge in [-0.25, -0.2) is 4.79 Å². The zero-order valence-electron chi connectivity index (χ0n) is 13.2.